The van der Waals surface area contributed by atoms with E-state index in [1.807, 2.05) is 0 Å². The number of hydrogen-bond acceptors (Lipinski definition) is 28. The summed E-state index contributed by atoms with van der Waals surface area (Å²) in [6, 6.07) is -0.764. The van der Waals surface area contributed by atoms with Crippen LogP contribution in [0.4, 0.5) is 0 Å². The first-order valence-corrected chi connectivity index (χ1v) is 23.4. The number of aliphatic hydroxyl groups is 15. The Morgan fingerprint density at radius 1 is 0.521 bits per heavy atom. The molecule has 0 spiro atoms. The lowest BCUT2D eigenvalue weighted by molar-refractivity contribution is -0.364. The Balaban J connectivity index is 1.05. The van der Waals surface area contributed by atoms with Crippen molar-refractivity contribution in [2.45, 2.75) is 179 Å². The first-order valence-electron chi connectivity index (χ1n) is 23.4. The summed E-state index contributed by atoms with van der Waals surface area (Å²) in [6.45, 7) is -3.94. The van der Waals surface area contributed by atoms with Crippen LogP contribution in [0, 0.1) is 0 Å². The van der Waals surface area contributed by atoms with Gasteiger partial charge in [-0.25, -0.2) is 0 Å². The Bertz CT molecular complexity index is 1580. The summed E-state index contributed by atoms with van der Waals surface area (Å²) in [5.41, 5.74) is 0. The van der Waals surface area contributed by atoms with Gasteiger partial charge in [0.1, 0.15) is 91.6 Å². The van der Waals surface area contributed by atoms with E-state index in [2.05, 4.69) is 16.0 Å². The molecule has 2 amide bonds. The fraction of sp³-hybridized carbons (Fsp3) is 0.951. The molecule has 71 heavy (non-hydrogen) atoms. The van der Waals surface area contributed by atoms with E-state index in [1.54, 1.807) is 0 Å². The summed E-state index contributed by atoms with van der Waals surface area (Å²) in [4.78, 5) is 25.7. The number of ether oxygens (including phenoxy) is 10. The van der Waals surface area contributed by atoms with Crippen LogP contribution in [0.25, 0.3) is 0 Å². The molecule has 30 heteroatoms. The van der Waals surface area contributed by atoms with Crippen LogP contribution >= 0.6 is 0 Å². The van der Waals surface area contributed by atoms with Crippen molar-refractivity contribution in [1.29, 1.82) is 0 Å². The highest BCUT2D eigenvalue weighted by Crippen LogP contribution is 2.32. The van der Waals surface area contributed by atoms with Crippen LogP contribution in [-0.4, -0.2) is 302 Å². The van der Waals surface area contributed by atoms with Crippen molar-refractivity contribution in [2.24, 2.45) is 0 Å². The second-order valence-electron chi connectivity index (χ2n) is 17.8. The normalized spacial score (nSPS) is 42.6. The molecule has 0 bridgehead atoms. The van der Waals surface area contributed by atoms with Crippen molar-refractivity contribution in [3.63, 3.8) is 0 Å². The SMILES string of the molecule is CN[C@@H](CCCC(=O)NCCO[C@H]1O[C@H](CO[C@H]2O[C@H](CO)[C@@H](O)C[C@@H]2O)[C@@H](O)[C@H](O[C@H]2O[C@H](CO)[C@@H](O)[C@H](O)[C@@H]2O)[C@@H]1O)C(=O)NCCO[C@H]1O[C@H](CO)[C@@H](O)[C@H](O[C@H]2O[C@H](CO)C[C@H](O)[C@@H]2O)[C@@H]1O. The second kappa shape index (κ2) is 28.7. The molecule has 0 aromatic carbocycles. The largest absolute Gasteiger partial charge is 0.394 e. The molecule has 30 nitrogen and oxygen atoms in total. The lowest BCUT2D eigenvalue weighted by Crippen LogP contribution is -2.65. The van der Waals surface area contributed by atoms with Crippen molar-refractivity contribution >= 4 is 11.8 Å². The Morgan fingerprint density at radius 2 is 1.06 bits per heavy atom. The van der Waals surface area contributed by atoms with Crippen LogP contribution in [0.3, 0.4) is 0 Å². The van der Waals surface area contributed by atoms with Crippen molar-refractivity contribution < 1.29 is 134 Å². The molecule has 414 valence electrons. The molecule has 18 N–H and O–H groups in total. The van der Waals surface area contributed by atoms with Gasteiger partial charge in [-0.1, -0.05) is 0 Å². The average molecular weight is 1040 g/mol. The van der Waals surface area contributed by atoms with E-state index in [4.69, 9.17) is 47.4 Å². The molecule has 0 unspecified atom stereocenters. The zero-order valence-electron chi connectivity index (χ0n) is 38.9. The topological polar surface area (TPSA) is 466 Å². The lowest BCUT2D eigenvalue weighted by atomic mass is 9.97. The lowest BCUT2D eigenvalue weighted by Gasteiger charge is -2.46. The number of carbonyl (C=O) groups is 2. The third-order valence-corrected chi connectivity index (χ3v) is 12.7. The number of carbonyl (C=O) groups excluding carboxylic acids is 2. The van der Waals surface area contributed by atoms with E-state index in [9.17, 15) is 86.2 Å². The Hall–Kier alpha value is -2.10. The van der Waals surface area contributed by atoms with Crippen molar-refractivity contribution in [3.8, 4) is 0 Å². The molecule has 0 aromatic rings. The van der Waals surface area contributed by atoms with Gasteiger partial charge in [0.15, 0.2) is 31.5 Å². The summed E-state index contributed by atoms with van der Waals surface area (Å²) in [7, 11) is 1.53. The van der Waals surface area contributed by atoms with E-state index in [-0.39, 0.29) is 58.4 Å². The van der Waals surface area contributed by atoms with Gasteiger partial charge in [0, 0.05) is 32.4 Å². The van der Waals surface area contributed by atoms with Crippen LogP contribution in [0.2, 0.25) is 0 Å². The second-order valence-corrected chi connectivity index (χ2v) is 17.8. The van der Waals surface area contributed by atoms with E-state index in [0.717, 1.165) is 0 Å². The molecule has 0 aliphatic carbocycles. The third kappa shape index (κ3) is 15.7. The maximum Gasteiger partial charge on any atom is 0.237 e. The minimum absolute atomic E-state index is 0.0401. The molecule has 5 aliphatic rings. The average Bonchev–Trinajstić information content (AvgIpc) is 3.35. The van der Waals surface area contributed by atoms with E-state index in [1.165, 1.54) is 7.05 Å². The van der Waals surface area contributed by atoms with Gasteiger partial charge in [-0.15, -0.1) is 0 Å². The molecule has 0 aromatic heterocycles. The zero-order chi connectivity index (χ0) is 52.1. The first kappa shape index (κ1) is 59.8. The number of aliphatic hydroxyl groups excluding tert-OH is 15. The molecule has 5 fully saturated rings. The molecule has 24 atom stereocenters. The van der Waals surface area contributed by atoms with Gasteiger partial charge in [0.2, 0.25) is 11.8 Å². The van der Waals surface area contributed by atoms with Gasteiger partial charge in [-0.2, -0.15) is 0 Å². The molecule has 5 aliphatic heterocycles. The molecule has 5 heterocycles. The van der Waals surface area contributed by atoms with Crippen LogP contribution in [0.1, 0.15) is 32.1 Å². The summed E-state index contributed by atoms with van der Waals surface area (Å²) in [5.74, 6) is -0.914. The highest BCUT2D eigenvalue weighted by molar-refractivity contribution is 5.81. The van der Waals surface area contributed by atoms with Crippen LogP contribution in [0.5, 0.6) is 0 Å². The van der Waals surface area contributed by atoms with Gasteiger partial charge < -0.3 is 140 Å². The molecular formula is C41H73N3O27. The molecule has 5 rings (SSSR count). The number of likely N-dealkylation sites (N-methyl/N-ethyl adjacent to an activating group) is 1. The quantitative estimate of drug-likeness (QED) is 0.0378. The van der Waals surface area contributed by atoms with Gasteiger partial charge in [0.25, 0.3) is 0 Å². The highest BCUT2D eigenvalue weighted by Gasteiger charge is 2.52. The van der Waals surface area contributed by atoms with E-state index < -0.39 is 192 Å². The van der Waals surface area contributed by atoms with Crippen molar-refractivity contribution in [2.75, 3.05) is 66.4 Å². The third-order valence-electron chi connectivity index (χ3n) is 12.7. The van der Waals surface area contributed by atoms with Gasteiger partial charge in [0.05, 0.1) is 70.6 Å². The standard InChI is InChI=1S/C41H73N3O27/c1-42-17(36(61)44-6-8-63-38-32(59)34(28(55)23(14-48)67-38)70-40-26(53)19(50)9-16(11-45)65-40)3-2-4-25(52)43-5-7-62-39-33(60)35(71-41-31(58)30(57)27(54)22(13-47)68-41)29(56)24(69-39)15-64-37-20(51)10-18(49)21(12-46)66-37/h16-24,26-35,37-42,45-51,53-60H,2-15H2,1H3,(H,43,52)(H,44,61)/t16-,17-,18-,19-,20-,21+,22+,23+,24+,26-,27+,28+,29+,30-,31-,32-,33-,34-,35-,37-,38-,39-,40+,41+/m0/s1. The fourth-order valence-electron chi connectivity index (χ4n) is 8.49. The Kier molecular flexibility index (Phi) is 24.2. The Labute approximate surface area is 406 Å². The fourth-order valence-corrected chi connectivity index (χ4v) is 8.49. The summed E-state index contributed by atoms with van der Waals surface area (Å²) >= 11 is 0. The maximum atomic E-state index is 13.0. The van der Waals surface area contributed by atoms with E-state index >= 15 is 0 Å². The number of amides is 2. The highest BCUT2D eigenvalue weighted by atomic mass is 16.8. The molecule has 0 saturated carbocycles. The summed E-state index contributed by atoms with van der Waals surface area (Å²) < 4.78 is 55.7. The minimum Gasteiger partial charge on any atom is -0.394 e. The van der Waals surface area contributed by atoms with E-state index in [0.29, 0.717) is 0 Å². The maximum absolute atomic E-state index is 13.0. The number of nitrogens with one attached hydrogen (secondary N) is 3. The predicted octanol–water partition coefficient (Wildman–Crippen LogP) is -10.9. The summed E-state index contributed by atoms with van der Waals surface area (Å²) in [5, 5.41) is 163. The summed E-state index contributed by atoms with van der Waals surface area (Å²) in [6.07, 6.45) is -35.1. The monoisotopic (exact) mass is 1040 g/mol. The first-order chi connectivity index (χ1) is 33.9. The van der Waals surface area contributed by atoms with Crippen LogP contribution < -0.4 is 16.0 Å². The molecule has 5 saturated heterocycles. The van der Waals surface area contributed by atoms with Crippen LogP contribution in [0.15, 0.2) is 0 Å². The van der Waals surface area contributed by atoms with Gasteiger partial charge in [-0.3, -0.25) is 9.59 Å². The molecule has 0 radical (unpaired) electrons. The van der Waals surface area contributed by atoms with Crippen molar-refractivity contribution in [1.82, 2.24) is 16.0 Å². The van der Waals surface area contributed by atoms with Gasteiger partial charge >= 0.3 is 0 Å². The van der Waals surface area contributed by atoms with Crippen molar-refractivity contribution in [3.05, 3.63) is 0 Å². The van der Waals surface area contributed by atoms with Crippen LogP contribution in [-0.2, 0) is 57.0 Å². The molecular weight excluding hydrogens is 966 g/mol. The number of hydrogen-bond donors (Lipinski definition) is 18. The minimum atomic E-state index is -1.92. The Morgan fingerprint density at radius 3 is 1.65 bits per heavy atom. The predicted molar refractivity (Wildman–Crippen MR) is 227 cm³/mol. The smallest absolute Gasteiger partial charge is 0.237 e. The van der Waals surface area contributed by atoms with Gasteiger partial charge in [-0.05, 0) is 19.9 Å². The zero-order valence-corrected chi connectivity index (χ0v) is 38.9. The number of rotatable bonds is 25.